The fraction of sp³-hybridized carbons (Fsp3) is 0.400. The Morgan fingerprint density at radius 2 is 1.56 bits per heavy atom. The molecule has 0 bridgehead atoms. The van der Waals surface area contributed by atoms with Gasteiger partial charge in [0.05, 0.1) is 0 Å². The van der Waals surface area contributed by atoms with E-state index in [0.29, 0.717) is 18.2 Å². The van der Waals surface area contributed by atoms with Crippen molar-refractivity contribution in [1.29, 1.82) is 0 Å². The number of aliphatic hydroxyl groups excluding tert-OH is 1. The van der Waals surface area contributed by atoms with Gasteiger partial charge < -0.3 is 9.84 Å². The van der Waals surface area contributed by atoms with Crippen LogP contribution in [0.15, 0.2) is 54.6 Å². The summed E-state index contributed by atoms with van der Waals surface area (Å²) in [6, 6.07) is 17.8. The Hall–Kier alpha value is -1.59. The van der Waals surface area contributed by atoms with Crippen LogP contribution in [0.4, 0.5) is 0 Å². The van der Waals surface area contributed by atoms with E-state index in [4.69, 9.17) is 16.3 Å². The molecule has 0 spiro atoms. The maximum Gasteiger partial charge on any atom is 0.119 e. The molecule has 0 unspecified atom stereocenters. The summed E-state index contributed by atoms with van der Waals surface area (Å²) in [5, 5.41) is 10.9. The van der Waals surface area contributed by atoms with Gasteiger partial charge >= 0.3 is 0 Å². The predicted octanol–water partition coefficient (Wildman–Crippen LogP) is 2.90. The number of hydrogen-bond donors (Lipinski definition) is 1. The number of aliphatic hydroxyl groups is 1. The highest BCUT2D eigenvalue weighted by Gasteiger charge is 2.19. The minimum Gasteiger partial charge on any atom is -0.491 e. The van der Waals surface area contributed by atoms with Gasteiger partial charge in [-0.15, -0.1) is 0 Å². The van der Waals surface area contributed by atoms with E-state index in [0.717, 1.165) is 38.5 Å². The van der Waals surface area contributed by atoms with E-state index < -0.39 is 6.10 Å². The Bertz CT molecular complexity index is 628. The molecule has 0 amide bonds. The summed E-state index contributed by atoms with van der Waals surface area (Å²) in [7, 11) is 0. The Morgan fingerprint density at radius 1 is 0.920 bits per heavy atom. The van der Waals surface area contributed by atoms with Crippen LogP contribution in [0.3, 0.4) is 0 Å². The maximum absolute atomic E-state index is 10.2. The van der Waals surface area contributed by atoms with Crippen molar-refractivity contribution < 1.29 is 9.84 Å². The quantitative estimate of drug-likeness (QED) is 0.823. The fourth-order valence-corrected chi connectivity index (χ4v) is 3.17. The van der Waals surface area contributed by atoms with E-state index in [1.54, 1.807) is 12.1 Å². The molecular formula is C20H25ClN2O2. The Morgan fingerprint density at radius 3 is 2.24 bits per heavy atom. The maximum atomic E-state index is 10.2. The average molecular weight is 361 g/mol. The van der Waals surface area contributed by atoms with E-state index in [9.17, 15) is 5.11 Å². The first-order valence-electron chi connectivity index (χ1n) is 8.74. The number of β-amino-alcohol motifs (C(OH)–C–C–N with tert-alkyl or cyclic N) is 1. The highest BCUT2D eigenvalue weighted by Crippen LogP contribution is 2.16. The van der Waals surface area contributed by atoms with Gasteiger partial charge in [-0.25, -0.2) is 0 Å². The molecule has 1 atom stereocenters. The number of hydrogen-bond acceptors (Lipinski definition) is 4. The van der Waals surface area contributed by atoms with E-state index in [2.05, 4.69) is 40.1 Å². The third-order valence-electron chi connectivity index (χ3n) is 4.44. The van der Waals surface area contributed by atoms with Crippen molar-refractivity contribution >= 4 is 11.6 Å². The third-order valence-corrected chi connectivity index (χ3v) is 4.69. The number of nitrogens with zero attached hydrogens (tertiary/aromatic N) is 2. The molecule has 0 saturated carbocycles. The van der Waals surface area contributed by atoms with Gasteiger partial charge in [0.1, 0.15) is 18.5 Å². The van der Waals surface area contributed by atoms with Gasteiger partial charge in [0, 0.05) is 44.3 Å². The van der Waals surface area contributed by atoms with Crippen molar-refractivity contribution in [2.75, 3.05) is 39.3 Å². The number of halogens is 1. The lowest BCUT2D eigenvalue weighted by atomic mass is 10.2. The molecule has 0 aromatic heterocycles. The van der Waals surface area contributed by atoms with Crippen LogP contribution in [0.1, 0.15) is 5.56 Å². The first-order chi connectivity index (χ1) is 12.2. The zero-order valence-corrected chi connectivity index (χ0v) is 15.1. The van der Waals surface area contributed by atoms with Crippen molar-refractivity contribution in [2.45, 2.75) is 12.6 Å². The topological polar surface area (TPSA) is 35.9 Å². The van der Waals surface area contributed by atoms with Gasteiger partial charge in [-0.05, 0) is 29.8 Å². The summed E-state index contributed by atoms with van der Waals surface area (Å²) in [5.74, 6) is 0.733. The summed E-state index contributed by atoms with van der Waals surface area (Å²) < 4.78 is 5.62. The molecule has 2 aromatic rings. The number of rotatable bonds is 7. The predicted molar refractivity (Wildman–Crippen MR) is 101 cm³/mol. The van der Waals surface area contributed by atoms with E-state index in [-0.39, 0.29) is 0 Å². The van der Waals surface area contributed by atoms with E-state index >= 15 is 0 Å². The van der Waals surface area contributed by atoms with Crippen LogP contribution in [0.5, 0.6) is 5.75 Å². The van der Waals surface area contributed by atoms with Crippen molar-refractivity contribution in [3.8, 4) is 5.75 Å². The standard InChI is InChI=1S/C20H25ClN2O2/c21-18-6-8-20(9-7-18)25-16-19(24)15-23-12-10-22(11-13-23)14-17-4-2-1-3-5-17/h1-9,19,24H,10-16H2/t19-/m0/s1. The van der Waals surface area contributed by atoms with Crippen LogP contribution < -0.4 is 4.74 Å². The molecule has 1 fully saturated rings. The molecule has 134 valence electrons. The van der Waals surface area contributed by atoms with Crippen molar-refractivity contribution in [1.82, 2.24) is 9.80 Å². The van der Waals surface area contributed by atoms with Gasteiger partial charge in [0.15, 0.2) is 0 Å². The first-order valence-corrected chi connectivity index (χ1v) is 9.12. The Kier molecular flexibility index (Phi) is 6.70. The molecule has 0 radical (unpaired) electrons. The molecule has 0 aliphatic carbocycles. The molecular weight excluding hydrogens is 336 g/mol. The van der Waals surface area contributed by atoms with Crippen molar-refractivity contribution in [2.24, 2.45) is 0 Å². The molecule has 5 heteroatoms. The van der Waals surface area contributed by atoms with Crippen molar-refractivity contribution in [3.05, 3.63) is 65.2 Å². The minimum atomic E-state index is -0.489. The fourth-order valence-electron chi connectivity index (χ4n) is 3.05. The summed E-state index contributed by atoms with van der Waals surface area (Å²) in [6.07, 6.45) is -0.489. The van der Waals surface area contributed by atoms with Crippen molar-refractivity contribution in [3.63, 3.8) is 0 Å². The number of ether oxygens (including phenoxy) is 1. The second kappa shape index (κ2) is 9.20. The van der Waals surface area contributed by atoms with Gasteiger partial charge in [-0.2, -0.15) is 0 Å². The molecule has 1 aliphatic rings. The minimum absolute atomic E-state index is 0.297. The molecule has 2 aromatic carbocycles. The van der Waals surface area contributed by atoms with Crippen LogP contribution >= 0.6 is 11.6 Å². The van der Waals surface area contributed by atoms with Gasteiger partial charge in [-0.1, -0.05) is 41.9 Å². The van der Waals surface area contributed by atoms with Gasteiger partial charge in [-0.3, -0.25) is 9.80 Å². The average Bonchev–Trinajstić information content (AvgIpc) is 2.64. The molecule has 1 N–H and O–H groups in total. The molecule has 1 heterocycles. The van der Waals surface area contributed by atoms with Gasteiger partial charge in [0.25, 0.3) is 0 Å². The Balaban J connectivity index is 1.36. The van der Waals surface area contributed by atoms with Crippen LogP contribution in [-0.4, -0.2) is 60.3 Å². The Labute approximate surface area is 154 Å². The molecule has 4 nitrogen and oxygen atoms in total. The van der Waals surface area contributed by atoms with Gasteiger partial charge in [0.2, 0.25) is 0 Å². The van der Waals surface area contributed by atoms with Crippen LogP contribution in [0.25, 0.3) is 0 Å². The zero-order valence-electron chi connectivity index (χ0n) is 14.4. The summed E-state index contributed by atoms with van der Waals surface area (Å²) in [6.45, 7) is 5.95. The number of benzene rings is 2. The summed E-state index contributed by atoms with van der Waals surface area (Å²) >= 11 is 5.85. The van der Waals surface area contributed by atoms with E-state index in [1.165, 1.54) is 5.56 Å². The second-order valence-electron chi connectivity index (χ2n) is 6.48. The lowest BCUT2D eigenvalue weighted by Crippen LogP contribution is -2.48. The summed E-state index contributed by atoms with van der Waals surface area (Å²) in [4.78, 5) is 4.76. The molecule has 25 heavy (non-hydrogen) atoms. The lowest BCUT2D eigenvalue weighted by molar-refractivity contribution is 0.0446. The van der Waals surface area contributed by atoms with Crippen LogP contribution in [0.2, 0.25) is 5.02 Å². The van der Waals surface area contributed by atoms with Crippen LogP contribution in [-0.2, 0) is 6.54 Å². The molecule has 1 saturated heterocycles. The molecule has 1 aliphatic heterocycles. The van der Waals surface area contributed by atoms with E-state index in [1.807, 2.05) is 12.1 Å². The first kappa shape index (κ1) is 18.2. The largest absolute Gasteiger partial charge is 0.491 e. The SMILES string of the molecule is O[C@H](COc1ccc(Cl)cc1)CN1CCN(Cc2ccccc2)CC1. The normalized spacial score (nSPS) is 17.4. The lowest BCUT2D eigenvalue weighted by Gasteiger charge is -2.35. The van der Waals surface area contributed by atoms with Crippen LogP contribution in [0, 0.1) is 0 Å². The smallest absolute Gasteiger partial charge is 0.119 e. The zero-order chi connectivity index (χ0) is 17.5. The highest BCUT2D eigenvalue weighted by atomic mass is 35.5. The monoisotopic (exact) mass is 360 g/mol. The highest BCUT2D eigenvalue weighted by molar-refractivity contribution is 6.30. The number of piperazine rings is 1. The molecule has 3 rings (SSSR count). The second-order valence-corrected chi connectivity index (χ2v) is 6.92. The third kappa shape index (κ3) is 6.01. The summed E-state index contributed by atoms with van der Waals surface area (Å²) in [5.41, 5.74) is 1.35.